The summed E-state index contributed by atoms with van der Waals surface area (Å²) in [4.78, 5) is 41.2. The molecule has 0 unspecified atom stereocenters. The number of carbonyl (C=O) groups excluding carboxylic acids is 1. The van der Waals surface area contributed by atoms with E-state index in [1.807, 2.05) is 18.2 Å². The van der Waals surface area contributed by atoms with Crippen LogP contribution in [0.3, 0.4) is 0 Å². The van der Waals surface area contributed by atoms with Gasteiger partial charge in [-0.3, -0.25) is 14.2 Å². The van der Waals surface area contributed by atoms with Crippen molar-refractivity contribution in [3.05, 3.63) is 100 Å². The summed E-state index contributed by atoms with van der Waals surface area (Å²) in [7, 11) is 3.73. The first-order valence-electron chi connectivity index (χ1n) is 17.1. The highest BCUT2D eigenvalue weighted by molar-refractivity contribution is 6.04. The fourth-order valence-electron chi connectivity index (χ4n) is 6.56. The lowest BCUT2D eigenvalue weighted by atomic mass is 10.0. The number of nitrogens with one attached hydrogen (secondary N) is 2. The molecule has 2 fully saturated rings. The topological polar surface area (TPSA) is 114 Å². The average Bonchev–Trinajstić information content (AvgIpc) is 3.66. The maximum absolute atomic E-state index is 14.2. The monoisotopic (exact) mass is 713 g/mol. The van der Waals surface area contributed by atoms with Crippen molar-refractivity contribution in [3.8, 4) is 16.9 Å². The summed E-state index contributed by atoms with van der Waals surface area (Å²) in [5, 5.41) is 6.53. The normalized spacial score (nSPS) is 16.6. The van der Waals surface area contributed by atoms with Crippen molar-refractivity contribution >= 4 is 40.0 Å². The molecule has 7 rings (SSSR count). The molecular formula is C38H38F3N7O4. The zero-order valence-corrected chi connectivity index (χ0v) is 28.7. The van der Waals surface area contributed by atoms with Crippen molar-refractivity contribution in [1.29, 1.82) is 0 Å². The van der Waals surface area contributed by atoms with Crippen LogP contribution < -0.4 is 25.8 Å². The Morgan fingerprint density at radius 2 is 1.83 bits per heavy atom. The summed E-state index contributed by atoms with van der Waals surface area (Å²) in [6.07, 6.45) is -1.44. The Labute approximate surface area is 298 Å². The first kappa shape index (κ1) is 35.0. The Morgan fingerprint density at radius 3 is 2.58 bits per heavy atom. The quantitative estimate of drug-likeness (QED) is 0.179. The minimum atomic E-state index is -4.58. The number of piperazine rings is 1. The molecule has 2 aliphatic heterocycles. The zero-order valence-electron chi connectivity index (χ0n) is 28.7. The molecule has 0 saturated carbocycles. The number of rotatable bonds is 9. The van der Waals surface area contributed by atoms with Gasteiger partial charge in [0.2, 0.25) is 5.95 Å². The van der Waals surface area contributed by atoms with E-state index in [9.17, 15) is 22.8 Å². The van der Waals surface area contributed by atoms with E-state index in [0.29, 0.717) is 45.9 Å². The van der Waals surface area contributed by atoms with Crippen LogP contribution in [0.15, 0.2) is 83.8 Å². The van der Waals surface area contributed by atoms with E-state index >= 15 is 0 Å². The van der Waals surface area contributed by atoms with Gasteiger partial charge in [0.25, 0.3) is 11.5 Å². The van der Waals surface area contributed by atoms with E-state index in [1.165, 1.54) is 12.1 Å². The Hall–Kier alpha value is -5.47. The van der Waals surface area contributed by atoms with Gasteiger partial charge in [0.15, 0.2) is 0 Å². The van der Waals surface area contributed by atoms with Crippen LogP contribution in [0.1, 0.15) is 28.8 Å². The molecule has 0 radical (unpaired) electrons. The van der Waals surface area contributed by atoms with Gasteiger partial charge in [-0.2, -0.15) is 18.2 Å². The van der Waals surface area contributed by atoms with Crippen molar-refractivity contribution in [2.45, 2.75) is 31.7 Å². The molecule has 1 atom stereocenters. The molecule has 1 amide bonds. The van der Waals surface area contributed by atoms with E-state index in [4.69, 9.17) is 14.5 Å². The number of anilines is 4. The van der Waals surface area contributed by atoms with Crippen LogP contribution in [0, 0.1) is 0 Å². The van der Waals surface area contributed by atoms with Crippen LogP contribution in [0.4, 0.5) is 36.2 Å². The second-order valence-corrected chi connectivity index (χ2v) is 13.0. The van der Waals surface area contributed by atoms with Gasteiger partial charge in [-0.25, -0.2) is 4.98 Å². The Morgan fingerprint density at radius 1 is 1.02 bits per heavy atom. The van der Waals surface area contributed by atoms with Crippen molar-refractivity contribution in [2.24, 2.45) is 0 Å². The van der Waals surface area contributed by atoms with Crippen LogP contribution in [-0.2, 0) is 17.5 Å². The molecule has 52 heavy (non-hydrogen) atoms. The number of hydrogen-bond donors (Lipinski definition) is 2. The second-order valence-electron chi connectivity index (χ2n) is 13.0. The van der Waals surface area contributed by atoms with E-state index in [2.05, 4.69) is 32.5 Å². The van der Waals surface area contributed by atoms with Gasteiger partial charge < -0.3 is 29.9 Å². The van der Waals surface area contributed by atoms with Crippen LogP contribution in [0.25, 0.3) is 22.2 Å². The number of benzene rings is 3. The number of halogens is 3. The number of hydrogen-bond acceptors (Lipinski definition) is 9. The highest BCUT2D eigenvalue weighted by atomic mass is 19.4. The lowest BCUT2D eigenvalue weighted by Crippen LogP contribution is -2.44. The molecule has 0 spiro atoms. The Kier molecular flexibility index (Phi) is 9.84. The largest absolute Gasteiger partial charge is 0.494 e. The van der Waals surface area contributed by atoms with E-state index in [0.717, 1.165) is 56.8 Å². The van der Waals surface area contributed by atoms with Gasteiger partial charge in [-0.1, -0.05) is 18.2 Å². The number of fused-ring (bicyclic) bond motifs is 1. The van der Waals surface area contributed by atoms with E-state index < -0.39 is 17.6 Å². The Bertz CT molecular complexity index is 2160. The first-order chi connectivity index (χ1) is 25.1. The average molecular weight is 714 g/mol. The number of aromatic nitrogens is 3. The van der Waals surface area contributed by atoms with Crippen molar-refractivity contribution < 1.29 is 27.4 Å². The lowest BCUT2D eigenvalue weighted by molar-refractivity contribution is -0.137. The smallest absolute Gasteiger partial charge is 0.416 e. The van der Waals surface area contributed by atoms with Crippen molar-refractivity contribution in [3.63, 3.8) is 0 Å². The fraction of sp³-hybridized carbons (Fsp3) is 0.316. The molecule has 2 N–H and O–H groups in total. The summed E-state index contributed by atoms with van der Waals surface area (Å²) in [5.41, 5.74) is 1.93. The lowest BCUT2D eigenvalue weighted by Gasteiger charge is -2.34. The third-order valence-electron chi connectivity index (χ3n) is 9.42. The van der Waals surface area contributed by atoms with Crippen molar-refractivity contribution in [2.75, 3.05) is 62.5 Å². The number of pyridine rings is 1. The van der Waals surface area contributed by atoms with Gasteiger partial charge in [-0.05, 0) is 74.0 Å². The minimum absolute atomic E-state index is 0.144. The summed E-state index contributed by atoms with van der Waals surface area (Å²) in [6.45, 7) is 4.68. The molecule has 0 aliphatic carbocycles. The van der Waals surface area contributed by atoms with Gasteiger partial charge in [0, 0.05) is 72.9 Å². The maximum atomic E-state index is 14.2. The minimum Gasteiger partial charge on any atom is -0.494 e. The van der Waals surface area contributed by atoms with Crippen LogP contribution in [0.2, 0.25) is 0 Å². The summed E-state index contributed by atoms with van der Waals surface area (Å²) in [6, 6.07) is 18.5. The summed E-state index contributed by atoms with van der Waals surface area (Å²) < 4.78 is 53.0. The summed E-state index contributed by atoms with van der Waals surface area (Å²) >= 11 is 0. The molecule has 14 heteroatoms. The predicted molar refractivity (Wildman–Crippen MR) is 194 cm³/mol. The van der Waals surface area contributed by atoms with E-state index in [1.54, 1.807) is 48.2 Å². The number of methoxy groups -OCH3 is 1. The molecule has 270 valence electrons. The number of amides is 1. The van der Waals surface area contributed by atoms with Gasteiger partial charge in [0.1, 0.15) is 11.4 Å². The van der Waals surface area contributed by atoms with Crippen LogP contribution in [-0.4, -0.2) is 78.4 Å². The molecule has 5 aromatic rings. The van der Waals surface area contributed by atoms with E-state index in [-0.39, 0.29) is 29.7 Å². The molecule has 2 aliphatic rings. The summed E-state index contributed by atoms with van der Waals surface area (Å²) in [5.74, 6) is 0.203. The number of alkyl halides is 3. The number of likely N-dealkylation sites (N-methyl/N-ethyl adjacent to an activating group) is 1. The maximum Gasteiger partial charge on any atom is 0.416 e. The SMILES string of the molecule is COc1cc(N2CCN(C)CC2)ccc1Nc1ncc2cc(-c3cccc(NC(=O)c4cccc(C(F)(F)F)c4)c3)c(=O)n(C[C@H]3CCCO3)c2n1. The molecule has 11 nitrogen and oxygen atoms in total. The second kappa shape index (κ2) is 14.6. The molecule has 3 aromatic carbocycles. The van der Waals surface area contributed by atoms with Gasteiger partial charge >= 0.3 is 6.18 Å². The van der Waals surface area contributed by atoms with Gasteiger partial charge in [0.05, 0.1) is 31.0 Å². The number of carbonyl (C=O) groups is 1. The zero-order chi connectivity index (χ0) is 36.4. The highest BCUT2D eigenvalue weighted by Gasteiger charge is 2.31. The fourth-order valence-corrected chi connectivity index (χ4v) is 6.56. The molecular weight excluding hydrogens is 675 g/mol. The highest BCUT2D eigenvalue weighted by Crippen LogP contribution is 2.33. The van der Waals surface area contributed by atoms with Gasteiger partial charge in [-0.15, -0.1) is 0 Å². The van der Waals surface area contributed by atoms with Crippen LogP contribution in [0.5, 0.6) is 5.75 Å². The molecule has 0 bridgehead atoms. The number of nitrogens with zero attached hydrogens (tertiary/aromatic N) is 5. The predicted octanol–water partition coefficient (Wildman–Crippen LogP) is 6.41. The third-order valence-corrected chi connectivity index (χ3v) is 9.42. The molecule has 4 heterocycles. The third kappa shape index (κ3) is 7.58. The van der Waals surface area contributed by atoms with Crippen molar-refractivity contribution in [1.82, 2.24) is 19.4 Å². The first-order valence-corrected chi connectivity index (χ1v) is 17.1. The molecule has 2 aromatic heterocycles. The van der Waals surface area contributed by atoms with Crippen LogP contribution >= 0.6 is 0 Å². The standard InChI is InChI=1S/C38H38F3N7O4/c1-46-13-15-47(16-14-46)29-11-12-32(33(21-29)51-2)44-37-42-22-26-20-31(36(50)48(34(26)45-37)23-30-10-5-17-52-30)24-6-4-9-28(19-24)43-35(49)25-7-3-8-27(18-25)38(39,40)41/h3-4,6-9,11-12,18-22,30H,5,10,13-17,23H2,1-2H3,(H,43,49)(H,42,44,45)/t30-/m1/s1. The Balaban J connectivity index is 1.19. The molecule has 2 saturated heterocycles. The number of ether oxygens (including phenoxy) is 2.